The second-order valence-corrected chi connectivity index (χ2v) is 4.00. The van der Waals surface area contributed by atoms with Gasteiger partial charge in [0, 0.05) is 6.20 Å². The molecule has 0 atom stereocenters. The van der Waals surface area contributed by atoms with E-state index >= 15 is 0 Å². The van der Waals surface area contributed by atoms with Crippen LogP contribution in [0.3, 0.4) is 0 Å². The van der Waals surface area contributed by atoms with Crippen LogP contribution in [0.5, 0.6) is 0 Å². The minimum Gasteiger partial charge on any atom is -0.330 e. The zero-order chi connectivity index (χ0) is 9.42. The highest BCUT2D eigenvalue weighted by molar-refractivity contribution is 9.10. The molecule has 2 aromatic rings. The molecule has 2 rings (SSSR count). The molecule has 13 heavy (non-hydrogen) atoms. The molecule has 2 heterocycles. The molecular formula is C8H8BrN3S. The molecule has 0 unspecified atom stereocenters. The topological polar surface area (TPSA) is 44.5 Å². The largest absolute Gasteiger partial charge is 0.330 e. The average Bonchev–Trinajstić information content (AvgIpc) is 2.48. The Kier molecular flexibility index (Phi) is 2.21. The van der Waals surface area contributed by atoms with Gasteiger partial charge in [-0.05, 0) is 34.6 Å². The van der Waals surface area contributed by atoms with Gasteiger partial charge in [-0.2, -0.15) is 0 Å². The maximum Gasteiger partial charge on any atom is 0.175 e. The zero-order valence-corrected chi connectivity index (χ0v) is 9.42. The summed E-state index contributed by atoms with van der Waals surface area (Å²) in [6.45, 7) is 2.07. The van der Waals surface area contributed by atoms with Crippen molar-refractivity contribution in [3.05, 3.63) is 21.1 Å². The van der Waals surface area contributed by atoms with E-state index in [2.05, 4.69) is 37.8 Å². The SMILES string of the molecule is CCc1ncc(Br)c2[nH]c(=S)[nH]c12. The van der Waals surface area contributed by atoms with Crippen LogP contribution in [0.2, 0.25) is 0 Å². The van der Waals surface area contributed by atoms with Crippen LogP contribution in [0.15, 0.2) is 10.7 Å². The quantitative estimate of drug-likeness (QED) is 0.772. The van der Waals surface area contributed by atoms with Gasteiger partial charge in [-0.3, -0.25) is 4.98 Å². The Morgan fingerprint density at radius 3 is 2.85 bits per heavy atom. The van der Waals surface area contributed by atoms with E-state index in [9.17, 15) is 0 Å². The highest BCUT2D eigenvalue weighted by Crippen LogP contribution is 2.22. The summed E-state index contributed by atoms with van der Waals surface area (Å²) in [6.07, 6.45) is 2.69. The molecule has 0 aliphatic rings. The summed E-state index contributed by atoms with van der Waals surface area (Å²) in [5.74, 6) is 0. The van der Waals surface area contributed by atoms with Crippen LogP contribution in [-0.4, -0.2) is 15.0 Å². The van der Waals surface area contributed by atoms with Gasteiger partial charge in [0.15, 0.2) is 4.77 Å². The van der Waals surface area contributed by atoms with Crippen molar-refractivity contribution in [3.63, 3.8) is 0 Å². The summed E-state index contributed by atoms with van der Waals surface area (Å²) in [7, 11) is 0. The third-order valence-corrected chi connectivity index (χ3v) is 2.73. The monoisotopic (exact) mass is 257 g/mol. The van der Waals surface area contributed by atoms with Crippen molar-refractivity contribution in [2.45, 2.75) is 13.3 Å². The summed E-state index contributed by atoms with van der Waals surface area (Å²) in [4.78, 5) is 10.5. The van der Waals surface area contributed by atoms with Crippen LogP contribution in [0.4, 0.5) is 0 Å². The minimum atomic E-state index is 0.637. The molecule has 0 aromatic carbocycles. The summed E-state index contributed by atoms with van der Waals surface area (Å²) < 4.78 is 1.57. The van der Waals surface area contributed by atoms with Gasteiger partial charge >= 0.3 is 0 Å². The first-order valence-corrected chi connectivity index (χ1v) is 5.18. The second-order valence-electron chi connectivity index (χ2n) is 2.74. The molecule has 0 saturated heterocycles. The third kappa shape index (κ3) is 1.42. The first-order valence-electron chi connectivity index (χ1n) is 3.97. The van der Waals surface area contributed by atoms with Crippen LogP contribution in [0.25, 0.3) is 11.0 Å². The summed E-state index contributed by atoms with van der Waals surface area (Å²) >= 11 is 8.43. The Labute approximate surface area is 88.7 Å². The van der Waals surface area contributed by atoms with Crippen molar-refractivity contribution in [1.29, 1.82) is 0 Å². The lowest BCUT2D eigenvalue weighted by Crippen LogP contribution is -1.88. The lowest BCUT2D eigenvalue weighted by atomic mass is 10.2. The number of halogens is 1. The van der Waals surface area contributed by atoms with Crippen LogP contribution in [-0.2, 0) is 6.42 Å². The molecule has 0 amide bonds. The first-order chi connectivity index (χ1) is 6.22. The number of nitrogens with zero attached hydrogens (tertiary/aromatic N) is 1. The molecule has 2 aromatic heterocycles. The first kappa shape index (κ1) is 8.90. The van der Waals surface area contributed by atoms with Crippen LogP contribution in [0, 0.1) is 4.77 Å². The number of aromatic amines is 2. The van der Waals surface area contributed by atoms with Gasteiger partial charge < -0.3 is 9.97 Å². The second kappa shape index (κ2) is 3.23. The van der Waals surface area contributed by atoms with Gasteiger partial charge in [0.2, 0.25) is 0 Å². The highest BCUT2D eigenvalue weighted by atomic mass is 79.9. The number of H-pyrrole nitrogens is 2. The number of imidazole rings is 1. The molecule has 5 heteroatoms. The Morgan fingerprint density at radius 1 is 1.46 bits per heavy atom. The van der Waals surface area contributed by atoms with E-state index in [0.29, 0.717) is 4.77 Å². The lowest BCUT2D eigenvalue weighted by Gasteiger charge is -1.98. The number of pyridine rings is 1. The zero-order valence-electron chi connectivity index (χ0n) is 7.02. The summed E-state index contributed by atoms with van der Waals surface area (Å²) in [6, 6.07) is 0. The fraction of sp³-hybridized carbons (Fsp3) is 0.250. The van der Waals surface area contributed by atoms with Crippen LogP contribution >= 0.6 is 28.1 Å². The van der Waals surface area contributed by atoms with Crippen LogP contribution in [0.1, 0.15) is 12.6 Å². The smallest absolute Gasteiger partial charge is 0.175 e. The van der Waals surface area contributed by atoms with E-state index in [4.69, 9.17) is 12.2 Å². The van der Waals surface area contributed by atoms with Gasteiger partial charge in [0.1, 0.15) is 0 Å². The average molecular weight is 258 g/mol. The molecule has 0 spiro atoms. The van der Waals surface area contributed by atoms with Crippen LogP contribution < -0.4 is 0 Å². The van der Waals surface area contributed by atoms with Crippen molar-refractivity contribution in [2.24, 2.45) is 0 Å². The third-order valence-electron chi connectivity index (χ3n) is 1.92. The highest BCUT2D eigenvalue weighted by Gasteiger charge is 2.06. The molecule has 0 aliphatic heterocycles. The number of aryl methyl sites for hydroxylation is 1. The predicted octanol–water partition coefficient (Wildman–Crippen LogP) is 2.95. The molecule has 68 valence electrons. The molecule has 0 bridgehead atoms. The molecule has 2 N–H and O–H groups in total. The van der Waals surface area contributed by atoms with Gasteiger partial charge in [-0.15, -0.1) is 0 Å². The number of hydrogen-bond acceptors (Lipinski definition) is 2. The van der Waals surface area contributed by atoms with Gasteiger partial charge in [-0.1, -0.05) is 6.92 Å². The van der Waals surface area contributed by atoms with Gasteiger partial charge in [0.25, 0.3) is 0 Å². The van der Waals surface area contributed by atoms with Crippen molar-refractivity contribution in [3.8, 4) is 0 Å². The number of nitrogens with one attached hydrogen (secondary N) is 2. The number of rotatable bonds is 1. The van der Waals surface area contributed by atoms with Crippen molar-refractivity contribution < 1.29 is 0 Å². The predicted molar refractivity (Wildman–Crippen MR) is 58.4 cm³/mol. The number of aromatic nitrogens is 3. The molecule has 3 nitrogen and oxygen atoms in total. The normalized spacial score (nSPS) is 10.9. The molecular weight excluding hydrogens is 250 g/mol. The lowest BCUT2D eigenvalue weighted by molar-refractivity contribution is 1.05. The van der Waals surface area contributed by atoms with Crippen molar-refractivity contribution >= 4 is 39.2 Å². The fourth-order valence-electron chi connectivity index (χ4n) is 1.31. The van der Waals surface area contributed by atoms with E-state index < -0.39 is 0 Å². The Hall–Kier alpha value is -0.680. The van der Waals surface area contributed by atoms with E-state index in [0.717, 1.165) is 27.6 Å². The Bertz CT molecular complexity index is 500. The van der Waals surface area contributed by atoms with Gasteiger partial charge in [0.05, 0.1) is 21.2 Å². The molecule has 0 saturated carbocycles. The fourth-order valence-corrected chi connectivity index (χ4v) is 1.91. The van der Waals surface area contributed by atoms with Crippen molar-refractivity contribution in [1.82, 2.24) is 15.0 Å². The van der Waals surface area contributed by atoms with E-state index in [-0.39, 0.29) is 0 Å². The van der Waals surface area contributed by atoms with E-state index in [1.54, 1.807) is 6.20 Å². The minimum absolute atomic E-state index is 0.637. The van der Waals surface area contributed by atoms with Crippen molar-refractivity contribution in [2.75, 3.05) is 0 Å². The Balaban J connectivity index is 2.91. The maximum absolute atomic E-state index is 5.02. The summed E-state index contributed by atoms with van der Waals surface area (Å²) in [5, 5.41) is 0. The molecule has 0 aliphatic carbocycles. The maximum atomic E-state index is 5.02. The van der Waals surface area contributed by atoms with Gasteiger partial charge in [-0.25, -0.2) is 0 Å². The van der Waals surface area contributed by atoms with E-state index in [1.807, 2.05) is 0 Å². The summed E-state index contributed by atoms with van der Waals surface area (Å²) in [5.41, 5.74) is 3.03. The number of fused-ring (bicyclic) bond motifs is 1. The molecule has 0 fully saturated rings. The Morgan fingerprint density at radius 2 is 2.15 bits per heavy atom. The number of hydrogen-bond donors (Lipinski definition) is 2. The standard InChI is InChI=1S/C8H8BrN3S/c1-2-5-7-6(4(9)3-10-5)11-8(13)12-7/h3H,2H2,1H3,(H2,11,12,13). The van der Waals surface area contributed by atoms with E-state index in [1.165, 1.54) is 0 Å². The molecule has 0 radical (unpaired) electrons.